The molecule has 0 saturated heterocycles. The number of carbonyl (C=O) groups is 4. The minimum Gasteiger partial charge on any atom is -0.444 e. The Morgan fingerprint density at radius 3 is 2.05 bits per heavy atom. The van der Waals surface area contributed by atoms with Gasteiger partial charge in [-0.05, 0) is 27.7 Å². The lowest BCUT2D eigenvalue weighted by molar-refractivity contribution is -0.166. The second-order valence-corrected chi connectivity index (χ2v) is 5.28. The van der Waals surface area contributed by atoms with E-state index in [1.807, 2.05) is 0 Å². The van der Waals surface area contributed by atoms with Crippen molar-refractivity contribution in [1.29, 1.82) is 0 Å². The number of hydrogen-bond donors (Lipinski definition) is 1. The van der Waals surface area contributed by atoms with Gasteiger partial charge in [-0.2, -0.15) is 0 Å². The summed E-state index contributed by atoms with van der Waals surface area (Å²) in [6.07, 6.45) is -1.19. The fourth-order valence-electron chi connectivity index (χ4n) is 1.15. The van der Waals surface area contributed by atoms with Gasteiger partial charge >= 0.3 is 18.0 Å². The normalized spacial score (nSPS) is 12.0. The Labute approximate surface area is 123 Å². The van der Waals surface area contributed by atoms with Crippen molar-refractivity contribution in [3.63, 3.8) is 0 Å². The number of carbonyl (C=O) groups excluding carboxylic acids is 4. The molecule has 1 amide bonds. The number of esters is 2. The second-order valence-electron chi connectivity index (χ2n) is 5.28. The largest absolute Gasteiger partial charge is 0.444 e. The minimum absolute atomic E-state index is 0.379. The highest BCUT2D eigenvalue weighted by atomic mass is 16.7. The molecule has 120 valence electrons. The maximum absolute atomic E-state index is 11.6. The van der Waals surface area contributed by atoms with Crippen molar-refractivity contribution in [1.82, 2.24) is 5.32 Å². The number of ether oxygens (including phenoxy) is 3. The van der Waals surface area contributed by atoms with Crippen LogP contribution in [0.1, 0.15) is 41.0 Å². The third kappa shape index (κ3) is 10.3. The fourth-order valence-corrected chi connectivity index (χ4v) is 1.15. The molecule has 0 heterocycles. The number of ketones is 1. The molecule has 8 nitrogen and oxygen atoms in total. The molecule has 0 bridgehead atoms. The van der Waals surface area contributed by atoms with E-state index in [2.05, 4.69) is 14.8 Å². The molecule has 0 radical (unpaired) electrons. The number of amides is 1. The molecule has 0 aliphatic carbocycles. The summed E-state index contributed by atoms with van der Waals surface area (Å²) in [5, 5.41) is 2.28. The molecule has 0 aliphatic rings. The van der Waals surface area contributed by atoms with E-state index in [0.29, 0.717) is 0 Å². The highest BCUT2D eigenvalue weighted by molar-refractivity contribution is 5.89. The average Bonchev–Trinajstić information content (AvgIpc) is 2.24. The number of hydrogen-bond acceptors (Lipinski definition) is 7. The fraction of sp³-hybridized carbons (Fsp3) is 0.692. The van der Waals surface area contributed by atoms with Crippen LogP contribution in [0.4, 0.5) is 4.79 Å². The molecule has 0 aromatic heterocycles. The Morgan fingerprint density at radius 1 is 1.05 bits per heavy atom. The lowest BCUT2D eigenvalue weighted by Crippen LogP contribution is -2.44. The molecule has 0 spiro atoms. The topological polar surface area (TPSA) is 108 Å². The smallest absolute Gasteiger partial charge is 0.408 e. The second kappa shape index (κ2) is 8.23. The molecule has 0 saturated carbocycles. The zero-order valence-corrected chi connectivity index (χ0v) is 12.8. The molecule has 1 atom stereocenters. The van der Waals surface area contributed by atoms with Crippen LogP contribution in [0.15, 0.2) is 0 Å². The summed E-state index contributed by atoms with van der Waals surface area (Å²) in [6, 6.07) is -1.07. The summed E-state index contributed by atoms with van der Waals surface area (Å²) in [5.74, 6) is -1.81. The predicted octanol–water partition coefficient (Wildman–Crippen LogP) is 0.923. The van der Waals surface area contributed by atoms with E-state index in [9.17, 15) is 19.2 Å². The zero-order chi connectivity index (χ0) is 16.6. The summed E-state index contributed by atoms with van der Waals surface area (Å²) >= 11 is 0. The molecular formula is C13H21NO7. The van der Waals surface area contributed by atoms with Gasteiger partial charge in [0.25, 0.3) is 0 Å². The average molecular weight is 303 g/mol. The summed E-state index contributed by atoms with van der Waals surface area (Å²) in [4.78, 5) is 44.9. The first-order chi connectivity index (χ1) is 9.51. The number of alkyl carbamates (subject to hydrolysis) is 1. The van der Waals surface area contributed by atoms with Crippen molar-refractivity contribution < 1.29 is 33.4 Å². The third-order valence-corrected chi connectivity index (χ3v) is 2.03. The standard InChI is InChI=1S/C13H21NO7/c1-8(15)10(14-12(18)21-13(3,4)5)6-11(17)20-7-19-9(2)16/h10H,6-7H2,1-5H3,(H,14,18). The Morgan fingerprint density at radius 2 is 1.62 bits per heavy atom. The van der Waals surface area contributed by atoms with Crippen LogP contribution >= 0.6 is 0 Å². The number of Topliss-reactive ketones (excluding diaryl/α,β-unsaturated/α-hetero) is 1. The molecule has 0 aliphatic heterocycles. The monoisotopic (exact) mass is 303 g/mol. The van der Waals surface area contributed by atoms with E-state index in [0.717, 1.165) is 6.92 Å². The molecule has 0 rings (SSSR count). The SMILES string of the molecule is CC(=O)OCOC(=O)CC(NC(=O)OC(C)(C)C)C(C)=O. The van der Waals surface area contributed by atoms with E-state index in [1.165, 1.54) is 6.92 Å². The van der Waals surface area contributed by atoms with Crippen molar-refractivity contribution in [2.45, 2.75) is 52.7 Å². The van der Waals surface area contributed by atoms with E-state index in [1.54, 1.807) is 20.8 Å². The van der Waals surface area contributed by atoms with Crippen molar-refractivity contribution in [3.05, 3.63) is 0 Å². The van der Waals surface area contributed by atoms with Crippen molar-refractivity contribution in [3.8, 4) is 0 Å². The molecule has 0 aromatic carbocycles. The van der Waals surface area contributed by atoms with Crippen LogP contribution in [0.3, 0.4) is 0 Å². The lowest BCUT2D eigenvalue weighted by Gasteiger charge is -2.22. The van der Waals surface area contributed by atoms with E-state index >= 15 is 0 Å². The van der Waals surface area contributed by atoms with Crippen LogP contribution < -0.4 is 5.32 Å². The van der Waals surface area contributed by atoms with Gasteiger partial charge in [0, 0.05) is 6.92 Å². The highest BCUT2D eigenvalue weighted by Crippen LogP contribution is 2.07. The van der Waals surface area contributed by atoms with E-state index in [4.69, 9.17) is 4.74 Å². The van der Waals surface area contributed by atoms with Gasteiger partial charge in [0.2, 0.25) is 6.79 Å². The minimum atomic E-state index is -1.07. The molecule has 1 unspecified atom stereocenters. The molecular weight excluding hydrogens is 282 g/mol. The highest BCUT2D eigenvalue weighted by Gasteiger charge is 2.24. The Bertz CT molecular complexity index is 411. The Balaban J connectivity index is 4.37. The van der Waals surface area contributed by atoms with Gasteiger partial charge in [-0.1, -0.05) is 0 Å². The molecule has 0 fully saturated rings. The summed E-state index contributed by atoms with van der Waals surface area (Å²) in [7, 11) is 0. The quantitative estimate of drug-likeness (QED) is 0.574. The van der Waals surface area contributed by atoms with Crippen LogP contribution in [-0.2, 0) is 28.6 Å². The van der Waals surface area contributed by atoms with Crippen LogP contribution in [0.2, 0.25) is 0 Å². The van der Waals surface area contributed by atoms with Crippen molar-refractivity contribution in [2.24, 2.45) is 0 Å². The number of nitrogens with one attached hydrogen (secondary N) is 1. The Hall–Kier alpha value is -2.12. The van der Waals surface area contributed by atoms with Crippen LogP contribution in [0, 0.1) is 0 Å². The maximum Gasteiger partial charge on any atom is 0.408 e. The Kier molecular flexibility index (Phi) is 7.40. The van der Waals surface area contributed by atoms with Gasteiger partial charge in [-0.25, -0.2) is 4.79 Å². The van der Waals surface area contributed by atoms with Gasteiger partial charge in [0.15, 0.2) is 5.78 Å². The molecule has 1 N–H and O–H groups in total. The van der Waals surface area contributed by atoms with Gasteiger partial charge < -0.3 is 19.5 Å². The van der Waals surface area contributed by atoms with Crippen molar-refractivity contribution >= 4 is 23.8 Å². The summed E-state index contributed by atoms with van der Waals surface area (Å²) < 4.78 is 14.0. The van der Waals surface area contributed by atoms with Crippen LogP contribution in [0.5, 0.6) is 0 Å². The summed E-state index contributed by atoms with van der Waals surface area (Å²) in [6.45, 7) is 6.86. The first-order valence-electron chi connectivity index (χ1n) is 6.30. The van der Waals surface area contributed by atoms with Crippen LogP contribution in [0.25, 0.3) is 0 Å². The van der Waals surface area contributed by atoms with Gasteiger partial charge in [0.1, 0.15) is 11.6 Å². The van der Waals surface area contributed by atoms with Crippen LogP contribution in [-0.4, -0.2) is 42.3 Å². The van der Waals surface area contributed by atoms with Gasteiger partial charge in [-0.15, -0.1) is 0 Å². The van der Waals surface area contributed by atoms with Gasteiger partial charge in [0.05, 0.1) is 6.42 Å². The maximum atomic E-state index is 11.6. The lowest BCUT2D eigenvalue weighted by atomic mass is 10.1. The molecule has 0 aromatic rings. The van der Waals surface area contributed by atoms with Crippen molar-refractivity contribution in [2.75, 3.05) is 6.79 Å². The predicted molar refractivity (Wildman–Crippen MR) is 71.2 cm³/mol. The molecule has 8 heteroatoms. The first kappa shape index (κ1) is 18.9. The summed E-state index contributed by atoms with van der Waals surface area (Å²) in [5.41, 5.74) is -0.721. The van der Waals surface area contributed by atoms with E-state index in [-0.39, 0.29) is 6.42 Å². The van der Waals surface area contributed by atoms with E-state index < -0.39 is 42.3 Å². The molecule has 21 heavy (non-hydrogen) atoms. The number of rotatable bonds is 6. The zero-order valence-electron chi connectivity index (χ0n) is 12.8. The van der Waals surface area contributed by atoms with Gasteiger partial charge in [-0.3, -0.25) is 14.4 Å². The first-order valence-corrected chi connectivity index (χ1v) is 6.30. The third-order valence-electron chi connectivity index (χ3n) is 2.03.